The molecule has 4 heteroatoms. The molecule has 0 amide bonds. The quantitative estimate of drug-likeness (QED) is 0.897. The summed E-state index contributed by atoms with van der Waals surface area (Å²) in [6.45, 7) is 8.64. The van der Waals surface area contributed by atoms with Crippen LogP contribution in [-0.4, -0.2) is 36.1 Å². The fourth-order valence-corrected chi connectivity index (χ4v) is 3.09. The molecule has 19 heavy (non-hydrogen) atoms. The van der Waals surface area contributed by atoms with Crippen molar-refractivity contribution in [3.8, 4) is 0 Å². The molecule has 0 spiro atoms. The minimum absolute atomic E-state index is 0.686. The second kappa shape index (κ2) is 7.75. The van der Waals surface area contributed by atoms with Gasteiger partial charge in [0, 0.05) is 25.4 Å². The van der Waals surface area contributed by atoms with E-state index in [4.69, 9.17) is 4.98 Å². The molecule has 0 unspecified atom stereocenters. The Bertz CT molecular complexity index is 373. The normalized spacial score (nSPS) is 16.7. The summed E-state index contributed by atoms with van der Waals surface area (Å²) < 4.78 is 0. The molecule has 0 aliphatic carbocycles. The van der Waals surface area contributed by atoms with Gasteiger partial charge >= 0.3 is 0 Å². The molecule has 3 nitrogen and oxygen atoms in total. The van der Waals surface area contributed by atoms with E-state index in [1.165, 1.54) is 17.9 Å². The van der Waals surface area contributed by atoms with Gasteiger partial charge in [-0.25, -0.2) is 4.98 Å². The molecule has 0 radical (unpaired) electrons. The van der Waals surface area contributed by atoms with Crippen molar-refractivity contribution < 1.29 is 0 Å². The first-order valence-electron chi connectivity index (χ1n) is 7.25. The highest BCUT2D eigenvalue weighted by Gasteiger charge is 2.11. The van der Waals surface area contributed by atoms with Crippen molar-refractivity contribution in [2.45, 2.75) is 26.8 Å². The fraction of sp³-hybridized carbons (Fsp3) is 0.667. The van der Waals surface area contributed by atoms with Crippen LogP contribution in [-0.2, 0) is 6.54 Å². The van der Waals surface area contributed by atoms with Gasteiger partial charge in [0.05, 0.1) is 5.69 Å². The second-order valence-electron chi connectivity index (χ2n) is 5.46. The standard InChI is InChI=1S/C15H25N3S/c1-13(2)11-16-12-14-5-3-6-15(17-14)18-7-4-9-19-10-8-18/h3,5-6,13,16H,4,7-12H2,1-2H3. The van der Waals surface area contributed by atoms with E-state index in [9.17, 15) is 0 Å². The SMILES string of the molecule is CC(C)CNCc1cccc(N2CCCSCC2)n1. The molecule has 1 aromatic rings. The topological polar surface area (TPSA) is 28.2 Å². The highest BCUT2D eigenvalue weighted by molar-refractivity contribution is 7.99. The van der Waals surface area contributed by atoms with Gasteiger partial charge in [0.2, 0.25) is 0 Å². The van der Waals surface area contributed by atoms with E-state index in [2.05, 4.69) is 54.0 Å². The number of rotatable bonds is 5. The lowest BCUT2D eigenvalue weighted by atomic mass is 10.2. The number of hydrogen-bond acceptors (Lipinski definition) is 4. The number of anilines is 1. The Morgan fingerprint density at radius 2 is 2.21 bits per heavy atom. The van der Waals surface area contributed by atoms with Crippen molar-refractivity contribution >= 4 is 17.6 Å². The largest absolute Gasteiger partial charge is 0.356 e. The van der Waals surface area contributed by atoms with Gasteiger partial charge in [-0.05, 0) is 36.8 Å². The summed E-state index contributed by atoms with van der Waals surface area (Å²) in [6.07, 6.45) is 1.27. The predicted molar refractivity (Wildman–Crippen MR) is 84.9 cm³/mol. The van der Waals surface area contributed by atoms with Gasteiger partial charge in [0.15, 0.2) is 0 Å². The third-order valence-electron chi connectivity index (χ3n) is 3.20. The molecular formula is C15H25N3S. The highest BCUT2D eigenvalue weighted by Crippen LogP contribution is 2.17. The van der Waals surface area contributed by atoms with Gasteiger partial charge in [-0.3, -0.25) is 0 Å². The van der Waals surface area contributed by atoms with E-state index >= 15 is 0 Å². The Labute approximate surface area is 121 Å². The fourth-order valence-electron chi connectivity index (χ4n) is 2.21. The summed E-state index contributed by atoms with van der Waals surface area (Å²) in [5.74, 6) is 4.33. The molecule has 0 bridgehead atoms. The van der Waals surface area contributed by atoms with Gasteiger partial charge in [-0.2, -0.15) is 11.8 Å². The van der Waals surface area contributed by atoms with Crippen molar-refractivity contribution in [2.24, 2.45) is 5.92 Å². The average Bonchev–Trinajstić information content (AvgIpc) is 2.67. The third-order valence-corrected chi connectivity index (χ3v) is 4.25. The zero-order chi connectivity index (χ0) is 13.5. The van der Waals surface area contributed by atoms with Gasteiger partial charge in [0.25, 0.3) is 0 Å². The van der Waals surface area contributed by atoms with Gasteiger partial charge in [-0.1, -0.05) is 19.9 Å². The lowest BCUT2D eigenvalue weighted by molar-refractivity contribution is 0.548. The molecule has 1 fully saturated rings. The van der Waals surface area contributed by atoms with Crippen LogP contribution in [0.1, 0.15) is 26.0 Å². The van der Waals surface area contributed by atoms with Gasteiger partial charge in [0.1, 0.15) is 5.82 Å². The van der Waals surface area contributed by atoms with Crippen LogP contribution in [0.5, 0.6) is 0 Å². The first-order chi connectivity index (χ1) is 9.25. The van der Waals surface area contributed by atoms with Crippen LogP contribution in [0.4, 0.5) is 5.82 Å². The zero-order valence-electron chi connectivity index (χ0n) is 12.1. The summed E-state index contributed by atoms with van der Waals surface area (Å²) >= 11 is 2.05. The maximum absolute atomic E-state index is 4.79. The summed E-state index contributed by atoms with van der Waals surface area (Å²) in [5.41, 5.74) is 1.15. The van der Waals surface area contributed by atoms with Crippen molar-refractivity contribution in [3.05, 3.63) is 23.9 Å². The van der Waals surface area contributed by atoms with Gasteiger partial charge < -0.3 is 10.2 Å². The van der Waals surface area contributed by atoms with Crippen LogP contribution in [0.2, 0.25) is 0 Å². The third kappa shape index (κ3) is 5.03. The van der Waals surface area contributed by atoms with Crippen molar-refractivity contribution in [3.63, 3.8) is 0 Å². The highest BCUT2D eigenvalue weighted by atomic mass is 32.2. The molecule has 2 heterocycles. The molecule has 0 atom stereocenters. The molecule has 1 saturated heterocycles. The van der Waals surface area contributed by atoms with Crippen LogP contribution < -0.4 is 10.2 Å². The molecule has 1 aliphatic heterocycles. The Morgan fingerprint density at radius 3 is 3.05 bits per heavy atom. The van der Waals surface area contributed by atoms with Crippen molar-refractivity contribution in [1.82, 2.24) is 10.3 Å². The summed E-state index contributed by atoms with van der Waals surface area (Å²) in [5, 5.41) is 3.46. The second-order valence-corrected chi connectivity index (χ2v) is 6.69. The summed E-state index contributed by atoms with van der Waals surface area (Å²) in [4.78, 5) is 7.21. The molecule has 0 saturated carbocycles. The average molecular weight is 279 g/mol. The molecule has 1 aliphatic rings. The summed E-state index contributed by atoms with van der Waals surface area (Å²) in [6, 6.07) is 6.39. The van der Waals surface area contributed by atoms with Crippen molar-refractivity contribution in [2.75, 3.05) is 36.0 Å². The number of nitrogens with one attached hydrogen (secondary N) is 1. The number of pyridine rings is 1. The lowest BCUT2D eigenvalue weighted by Gasteiger charge is -2.21. The smallest absolute Gasteiger partial charge is 0.128 e. The van der Waals surface area contributed by atoms with E-state index in [1.54, 1.807) is 0 Å². The Kier molecular flexibility index (Phi) is 5.98. The van der Waals surface area contributed by atoms with Crippen LogP contribution in [0.15, 0.2) is 18.2 Å². The van der Waals surface area contributed by atoms with E-state index in [0.717, 1.165) is 37.7 Å². The summed E-state index contributed by atoms with van der Waals surface area (Å²) in [7, 11) is 0. The minimum atomic E-state index is 0.686. The predicted octanol–water partition coefficient (Wildman–Crippen LogP) is 2.77. The van der Waals surface area contributed by atoms with E-state index in [-0.39, 0.29) is 0 Å². The Hall–Kier alpha value is -0.740. The van der Waals surface area contributed by atoms with Gasteiger partial charge in [-0.15, -0.1) is 0 Å². The monoisotopic (exact) mass is 279 g/mol. The Balaban J connectivity index is 1.93. The molecule has 1 N–H and O–H groups in total. The molecule has 0 aromatic carbocycles. The zero-order valence-corrected chi connectivity index (χ0v) is 12.9. The van der Waals surface area contributed by atoms with E-state index in [0.29, 0.717) is 5.92 Å². The van der Waals surface area contributed by atoms with E-state index < -0.39 is 0 Å². The van der Waals surface area contributed by atoms with Crippen molar-refractivity contribution in [1.29, 1.82) is 0 Å². The maximum Gasteiger partial charge on any atom is 0.128 e. The van der Waals surface area contributed by atoms with E-state index in [1.807, 2.05) is 0 Å². The molecule has 2 rings (SSSR count). The number of aromatic nitrogens is 1. The molecular weight excluding hydrogens is 254 g/mol. The maximum atomic E-state index is 4.79. The number of thioether (sulfide) groups is 1. The first kappa shape index (κ1) is 14.7. The first-order valence-corrected chi connectivity index (χ1v) is 8.40. The van der Waals surface area contributed by atoms with Crippen LogP contribution in [0, 0.1) is 5.92 Å². The molecule has 106 valence electrons. The minimum Gasteiger partial charge on any atom is -0.356 e. The van der Waals surface area contributed by atoms with Crippen LogP contribution in [0.3, 0.4) is 0 Å². The number of hydrogen-bond donors (Lipinski definition) is 1. The Morgan fingerprint density at radius 1 is 1.32 bits per heavy atom. The van der Waals surface area contributed by atoms with Crippen LogP contribution in [0.25, 0.3) is 0 Å². The lowest BCUT2D eigenvalue weighted by Crippen LogP contribution is -2.27. The van der Waals surface area contributed by atoms with Crippen LogP contribution >= 0.6 is 11.8 Å². The molecule has 1 aromatic heterocycles. The number of nitrogens with zero attached hydrogens (tertiary/aromatic N) is 2.